The van der Waals surface area contributed by atoms with E-state index in [1.807, 2.05) is 6.07 Å². The number of nitrogens with zero attached hydrogens (tertiary/aromatic N) is 1. The Hall–Kier alpha value is -1.64. The molecule has 0 aliphatic carbocycles. The van der Waals surface area contributed by atoms with E-state index in [-0.39, 0.29) is 5.97 Å². The maximum atomic E-state index is 11.1. The average Bonchev–Trinajstić information content (AvgIpc) is 2.63. The fourth-order valence-electron chi connectivity index (χ4n) is 1.35. The lowest BCUT2D eigenvalue weighted by atomic mass is 10.1. The highest BCUT2D eigenvalue weighted by atomic mass is 16.5. The quantitative estimate of drug-likeness (QED) is 0.605. The highest BCUT2D eigenvalue weighted by Gasteiger charge is 2.10. The molecule has 0 spiro atoms. The molecule has 3 nitrogen and oxygen atoms in total. The minimum atomic E-state index is -0.303. The minimum absolute atomic E-state index is 0.303. The van der Waals surface area contributed by atoms with E-state index in [2.05, 4.69) is 9.73 Å². The van der Waals surface area contributed by atoms with Crippen molar-refractivity contribution >= 4 is 12.2 Å². The number of benzene rings is 1. The number of carbonyl (C=O) groups is 1. The van der Waals surface area contributed by atoms with Crippen LogP contribution in [0.15, 0.2) is 23.2 Å². The van der Waals surface area contributed by atoms with Crippen molar-refractivity contribution in [2.24, 2.45) is 4.99 Å². The monoisotopic (exact) mass is 175 g/mol. The first-order valence-electron chi connectivity index (χ1n) is 4.02. The van der Waals surface area contributed by atoms with Gasteiger partial charge >= 0.3 is 5.97 Å². The molecular formula is C10H9NO2. The number of hydrogen-bond acceptors (Lipinski definition) is 3. The molecule has 1 aromatic carbocycles. The summed E-state index contributed by atoms with van der Waals surface area (Å²) in [4.78, 5) is 15.2. The number of esters is 1. The first kappa shape index (κ1) is 7.98. The van der Waals surface area contributed by atoms with Gasteiger partial charge in [-0.15, -0.1) is 0 Å². The Morgan fingerprint density at radius 1 is 1.54 bits per heavy atom. The molecule has 0 saturated carbocycles. The molecule has 1 aliphatic rings. The molecule has 1 aliphatic heterocycles. The molecule has 0 fully saturated rings. The molecule has 0 radical (unpaired) electrons. The number of hydrogen-bond donors (Lipinski definition) is 0. The Morgan fingerprint density at radius 3 is 3.15 bits per heavy atom. The van der Waals surface area contributed by atoms with E-state index < -0.39 is 0 Å². The molecule has 1 heterocycles. The van der Waals surface area contributed by atoms with Gasteiger partial charge in [0.1, 0.15) is 0 Å². The van der Waals surface area contributed by atoms with Crippen LogP contribution in [0.25, 0.3) is 0 Å². The van der Waals surface area contributed by atoms with Crippen LogP contribution >= 0.6 is 0 Å². The number of carbonyl (C=O) groups excluding carboxylic acids is 1. The second-order valence-corrected chi connectivity index (χ2v) is 2.87. The minimum Gasteiger partial charge on any atom is -0.465 e. The van der Waals surface area contributed by atoms with Gasteiger partial charge in [-0.1, -0.05) is 6.07 Å². The SMILES string of the molecule is COC(=O)c1ccc2c(c1)C=NC2. The van der Waals surface area contributed by atoms with Gasteiger partial charge in [0.15, 0.2) is 0 Å². The topological polar surface area (TPSA) is 38.7 Å². The highest BCUT2D eigenvalue weighted by Crippen LogP contribution is 2.16. The van der Waals surface area contributed by atoms with Gasteiger partial charge in [0, 0.05) is 6.21 Å². The van der Waals surface area contributed by atoms with E-state index in [1.54, 1.807) is 18.3 Å². The molecule has 0 saturated heterocycles. The van der Waals surface area contributed by atoms with Gasteiger partial charge in [0.25, 0.3) is 0 Å². The summed E-state index contributed by atoms with van der Waals surface area (Å²) < 4.78 is 4.61. The Morgan fingerprint density at radius 2 is 2.38 bits per heavy atom. The molecule has 1 aromatic rings. The van der Waals surface area contributed by atoms with Gasteiger partial charge in [-0.05, 0) is 23.3 Å². The largest absolute Gasteiger partial charge is 0.465 e. The molecule has 66 valence electrons. The Balaban J connectivity index is 2.40. The third-order valence-electron chi connectivity index (χ3n) is 2.06. The molecule has 0 bridgehead atoms. The fourth-order valence-corrected chi connectivity index (χ4v) is 1.35. The van der Waals surface area contributed by atoms with Crippen LogP contribution in [0.3, 0.4) is 0 Å². The fraction of sp³-hybridized carbons (Fsp3) is 0.200. The van der Waals surface area contributed by atoms with Gasteiger partial charge in [-0.3, -0.25) is 4.99 Å². The van der Waals surface area contributed by atoms with Crippen LogP contribution in [-0.4, -0.2) is 19.3 Å². The lowest BCUT2D eigenvalue weighted by Crippen LogP contribution is -2.02. The predicted octanol–water partition coefficient (Wildman–Crippen LogP) is 1.41. The molecule has 0 atom stereocenters. The third kappa shape index (κ3) is 1.33. The second kappa shape index (κ2) is 3.01. The van der Waals surface area contributed by atoms with E-state index in [9.17, 15) is 4.79 Å². The second-order valence-electron chi connectivity index (χ2n) is 2.87. The van der Waals surface area contributed by atoms with E-state index in [0.29, 0.717) is 5.56 Å². The van der Waals surface area contributed by atoms with E-state index in [0.717, 1.165) is 17.7 Å². The van der Waals surface area contributed by atoms with Crippen LogP contribution < -0.4 is 0 Å². The summed E-state index contributed by atoms with van der Waals surface area (Å²) in [5, 5.41) is 0. The summed E-state index contributed by atoms with van der Waals surface area (Å²) >= 11 is 0. The standard InChI is InChI=1S/C10H9NO2/c1-13-10(12)7-2-3-8-5-11-6-9(8)4-7/h2-4,6H,5H2,1H3. The lowest BCUT2D eigenvalue weighted by molar-refractivity contribution is 0.0600. The van der Waals surface area contributed by atoms with Crippen LogP contribution in [-0.2, 0) is 11.3 Å². The number of fused-ring (bicyclic) bond motifs is 1. The molecule has 3 heteroatoms. The Labute approximate surface area is 76.1 Å². The Kier molecular flexibility index (Phi) is 1.85. The molecule has 0 aromatic heterocycles. The van der Waals surface area contributed by atoms with Crippen LogP contribution in [0.2, 0.25) is 0 Å². The van der Waals surface area contributed by atoms with Gasteiger partial charge in [0.2, 0.25) is 0 Å². The van der Waals surface area contributed by atoms with Crippen molar-refractivity contribution in [2.75, 3.05) is 7.11 Å². The molecule has 0 unspecified atom stereocenters. The summed E-state index contributed by atoms with van der Waals surface area (Å²) in [6, 6.07) is 5.48. The smallest absolute Gasteiger partial charge is 0.337 e. The molecular weight excluding hydrogens is 166 g/mol. The van der Waals surface area contributed by atoms with Crippen molar-refractivity contribution in [3.05, 3.63) is 34.9 Å². The highest BCUT2D eigenvalue weighted by molar-refractivity contribution is 5.93. The van der Waals surface area contributed by atoms with Crippen molar-refractivity contribution in [1.82, 2.24) is 0 Å². The zero-order valence-corrected chi connectivity index (χ0v) is 7.28. The molecule has 2 rings (SSSR count). The van der Waals surface area contributed by atoms with Crippen molar-refractivity contribution in [3.63, 3.8) is 0 Å². The van der Waals surface area contributed by atoms with Crippen molar-refractivity contribution in [3.8, 4) is 0 Å². The zero-order valence-electron chi connectivity index (χ0n) is 7.28. The van der Waals surface area contributed by atoms with Gasteiger partial charge in [-0.2, -0.15) is 0 Å². The van der Waals surface area contributed by atoms with Crippen molar-refractivity contribution < 1.29 is 9.53 Å². The number of methoxy groups -OCH3 is 1. The zero-order chi connectivity index (χ0) is 9.26. The summed E-state index contributed by atoms with van der Waals surface area (Å²) in [6.45, 7) is 0.719. The molecule has 0 N–H and O–H groups in total. The Bertz CT molecular complexity index is 383. The summed E-state index contributed by atoms with van der Waals surface area (Å²) in [6.07, 6.45) is 1.78. The first-order valence-corrected chi connectivity index (χ1v) is 4.02. The van der Waals surface area contributed by atoms with E-state index in [4.69, 9.17) is 0 Å². The maximum absolute atomic E-state index is 11.1. The van der Waals surface area contributed by atoms with Gasteiger partial charge < -0.3 is 4.74 Å². The normalized spacial score (nSPS) is 12.7. The molecule has 13 heavy (non-hydrogen) atoms. The van der Waals surface area contributed by atoms with E-state index in [1.165, 1.54) is 7.11 Å². The van der Waals surface area contributed by atoms with Crippen LogP contribution in [0.4, 0.5) is 0 Å². The lowest BCUT2D eigenvalue weighted by Gasteiger charge is -2.01. The first-order chi connectivity index (χ1) is 6.31. The van der Waals surface area contributed by atoms with Crippen LogP contribution in [0.1, 0.15) is 21.5 Å². The summed E-state index contributed by atoms with van der Waals surface area (Å²) in [7, 11) is 1.38. The predicted molar refractivity (Wildman–Crippen MR) is 49.1 cm³/mol. The van der Waals surface area contributed by atoms with Gasteiger partial charge in [-0.25, -0.2) is 4.79 Å². The average molecular weight is 175 g/mol. The maximum Gasteiger partial charge on any atom is 0.337 e. The van der Waals surface area contributed by atoms with Crippen molar-refractivity contribution in [1.29, 1.82) is 0 Å². The van der Waals surface area contributed by atoms with Gasteiger partial charge in [0.05, 0.1) is 19.2 Å². The number of ether oxygens (including phenoxy) is 1. The number of aliphatic imine (C=N–C) groups is 1. The summed E-state index contributed by atoms with van der Waals surface area (Å²) in [5.74, 6) is -0.303. The number of rotatable bonds is 1. The molecule has 0 amide bonds. The van der Waals surface area contributed by atoms with E-state index >= 15 is 0 Å². The van der Waals surface area contributed by atoms with Crippen LogP contribution in [0, 0.1) is 0 Å². The third-order valence-corrected chi connectivity index (χ3v) is 2.06. The van der Waals surface area contributed by atoms with Crippen LogP contribution in [0.5, 0.6) is 0 Å². The summed E-state index contributed by atoms with van der Waals surface area (Å²) in [5.41, 5.74) is 2.75. The van der Waals surface area contributed by atoms with Crippen molar-refractivity contribution in [2.45, 2.75) is 6.54 Å².